The molecule has 0 radical (unpaired) electrons. The Kier molecular flexibility index (Phi) is 2.14. The summed E-state index contributed by atoms with van der Waals surface area (Å²) in [7, 11) is 1.70. The van der Waals surface area contributed by atoms with E-state index in [-0.39, 0.29) is 12.2 Å². The number of aromatic carboxylic acids is 1. The van der Waals surface area contributed by atoms with Crippen LogP contribution in [0.25, 0.3) is 0 Å². The molecule has 12 heavy (non-hydrogen) atoms. The van der Waals surface area contributed by atoms with E-state index in [9.17, 15) is 4.79 Å². The Labute approximate surface area is 69.8 Å². The van der Waals surface area contributed by atoms with Crippen LogP contribution in [0.4, 0.5) is 0 Å². The van der Waals surface area contributed by atoms with Crippen LogP contribution in [0.3, 0.4) is 0 Å². The van der Waals surface area contributed by atoms with Gasteiger partial charge in [-0.25, -0.2) is 4.79 Å². The maximum Gasteiger partial charge on any atom is 0.356 e. The number of hydrogen-bond donors (Lipinski definition) is 2. The van der Waals surface area contributed by atoms with Gasteiger partial charge in [-0.1, -0.05) is 0 Å². The molecule has 0 spiro atoms. The highest BCUT2D eigenvalue weighted by Crippen LogP contribution is 2.11. The first-order chi connectivity index (χ1) is 5.57. The molecule has 1 aromatic heterocycles. The lowest BCUT2D eigenvalue weighted by Gasteiger charge is -1.95. The Balaban J connectivity index is 3.29. The van der Waals surface area contributed by atoms with Crippen LogP contribution < -0.4 is 5.73 Å². The summed E-state index contributed by atoms with van der Waals surface area (Å²) >= 11 is 0. The maximum absolute atomic E-state index is 10.6. The molecule has 1 rings (SSSR count). The number of carbonyl (C=O) groups is 1. The molecule has 0 saturated carbocycles. The normalized spacial score (nSPS) is 10.2. The fourth-order valence-electron chi connectivity index (χ4n) is 1.07. The van der Waals surface area contributed by atoms with Gasteiger partial charge in [-0.15, -0.1) is 0 Å². The number of hydrogen-bond acceptors (Lipinski definition) is 3. The molecular weight excluding hydrogens is 158 g/mol. The van der Waals surface area contributed by atoms with Crippen molar-refractivity contribution in [1.82, 2.24) is 9.78 Å². The summed E-state index contributed by atoms with van der Waals surface area (Å²) in [6.45, 7) is 2.00. The standard InChI is InChI=1S/C7H11N3O2/c1-4-5(3-8)6(7(11)12)9-10(4)2/h3,8H2,1-2H3,(H,11,12). The zero-order valence-electron chi connectivity index (χ0n) is 7.03. The van der Waals surface area contributed by atoms with E-state index < -0.39 is 5.97 Å². The fraction of sp³-hybridized carbons (Fsp3) is 0.429. The van der Waals surface area contributed by atoms with Gasteiger partial charge in [0, 0.05) is 24.8 Å². The number of nitrogens with two attached hydrogens (primary N) is 1. The summed E-state index contributed by atoms with van der Waals surface area (Å²) in [4.78, 5) is 10.6. The van der Waals surface area contributed by atoms with Gasteiger partial charge < -0.3 is 10.8 Å². The van der Waals surface area contributed by atoms with Crippen molar-refractivity contribution < 1.29 is 9.90 Å². The Bertz CT molecular complexity index is 317. The van der Waals surface area contributed by atoms with Gasteiger partial charge in [0.1, 0.15) is 0 Å². The lowest BCUT2D eigenvalue weighted by atomic mass is 10.2. The average molecular weight is 169 g/mol. The first-order valence-electron chi connectivity index (χ1n) is 3.53. The first-order valence-corrected chi connectivity index (χ1v) is 3.53. The van der Waals surface area contributed by atoms with Crippen LogP contribution in [0.2, 0.25) is 0 Å². The number of rotatable bonds is 2. The van der Waals surface area contributed by atoms with Gasteiger partial charge in [-0.2, -0.15) is 5.10 Å². The first kappa shape index (κ1) is 8.73. The highest BCUT2D eigenvalue weighted by atomic mass is 16.4. The predicted molar refractivity (Wildman–Crippen MR) is 42.8 cm³/mol. The number of carboxylic acid groups (broad SMARTS) is 1. The molecule has 0 bridgehead atoms. The van der Waals surface area contributed by atoms with Gasteiger partial charge in [0.2, 0.25) is 0 Å². The quantitative estimate of drug-likeness (QED) is 0.647. The van der Waals surface area contributed by atoms with Crippen molar-refractivity contribution in [3.63, 3.8) is 0 Å². The van der Waals surface area contributed by atoms with E-state index >= 15 is 0 Å². The molecule has 0 atom stereocenters. The fourth-order valence-corrected chi connectivity index (χ4v) is 1.07. The van der Waals surface area contributed by atoms with E-state index in [1.165, 1.54) is 4.68 Å². The number of carboxylic acids is 1. The van der Waals surface area contributed by atoms with Gasteiger partial charge in [-0.3, -0.25) is 4.68 Å². The molecule has 0 saturated heterocycles. The SMILES string of the molecule is Cc1c(CN)c(C(=O)O)nn1C. The third kappa shape index (κ3) is 1.18. The van der Waals surface area contributed by atoms with Crippen molar-refractivity contribution in [2.45, 2.75) is 13.5 Å². The lowest BCUT2D eigenvalue weighted by Crippen LogP contribution is -2.06. The second-order valence-corrected chi connectivity index (χ2v) is 2.55. The third-order valence-corrected chi connectivity index (χ3v) is 1.86. The van der Waals surface area contributed by atoms with E-state index in [4.69, 9.17) is 10.8 Å². The monoisotopic (exact) mass is 169 g/mol. The predicted octanol–water partition coefficient (Wildman–Crippen LogP) is -0.115. The van der Waals surface area contributed by atoms with Gasteiger partial charge in [0.25, 0.3) is 0 Å². The minimum Gasteiger partial charge on any atom is -0.476 e. The van der Waals surface area contributed by atoms with Crippen LogP contribution in [0, 0.1) is 6.92 Å². The number of aromatic nitrogens is 2. The number of aryl methyl sites for hydroxylation is 1. The second kappa shape index (κ2) is 2.94. The van der Waals surface area contributed by atoms with Crippen molar-refractivity contribution in [3.05, 3.63) is 17.0 Å². The largest absolute Gasteiger partial charge is 0.476 e. The van der Waals surface area contributed by atoms with E-state index in [0.717, 1.165) is 5.69 Å². The molecule has 1 aromatic rings. The zero-order valence-corrected chi connectivity index (χ0v) is 7.03. The van der Waals surface area contributed by atoms with Crippen LogP contribution in [0.1, 0.15) is 21.7 Å². The Hall–Kier alpha value is -1.36. The van der Waals surface area contributed by atoms with Crippen molar-refractivity contribution in [3.8, 4) is 0 Å². The summed E-state index contributed by atoms with van der Waals surface area (Å²) < 4.78 is 1.52. The Morgan fingerprint density at radius 2 is 2.33 bits per heavy atom. The molecule has 3 N–H and O–H groups in total. The summed E-state index contributed by atoms with van der Waals surface area (Å²) in [6.07, 6.45) is 0. The van der Waals surface area contributed by atoms with E-state index in [1.807, 2.05) is 0 Å². The average Bonchev–Trinajstić information content (AvgIpc) is 2.29. The molecule has 66 valence electrons. The van der Waals surface area contributed by atoms with Crippen LogP contribution in [-0.2, 0) is 13.6 Å². The summed E-state index contributed by atoms with van der Waals surface area (Å²) in [6, 6.07) is 0. The molecule has 0 aliphatic heterocycles. The molecule has 0 aromatic carbocycles. The van der Waals surface area contributed by atoms with Gasteiger partial charge in [0.05, 0.1) is 0 Å². The van der Waals surface area contributed by atoms with Crippen LogP contribution in [0.5, 0.6) is 0 Å². The topological polar surface area (TPSA) is 81.1 Å². The molecule has 1 heterocycles. The smallest absolute Gasteiger partial charge is 0.356 e. The molecule has 0 unspecified atom stereocenters. The molecule has 0 aliphatic carbocycles. The molecular formula is C7H11N3O2. The summed E-state index contributed by atoms with van der Waals surface area (Å²) in [5, 5.41) is 12.5. The third-order valence-electron chi connectivity index (χ3n) is 1.86. The van der Waals surface area contributed by atoms with E-state index in [0.29, 0.717) is 5.56 Å². The second-order valence-electron chi connectivity index (χ2n) is 2.55. The van der Waals surface area contributed by atoms with Crippen LogP contribution in [-0.4, -0.2) is 20.9 Å². The van der Waals surface area contributed by atoms with Crippen LogP contribution >= 0.6 is 0 Å². The lowest BCUT2D eigenvalue weighted by molar-refractivity contribution is 0.0688. The maximum atomic E-state index is 10.6. The van der Waals surface area contributed by atoms with Crippen molar-refractivity contribution in [1.29, 1.82) is 0 Å². The van der Waals surface area contributed by atoms with Crippen molar-refractivity contribution in [2.24, 2.45) is 12.8 Å². The Morgan fingerprint density at radius 3 is 2.67 bits per heavy atom. The highest BCUT2D eigenvalue weighted by Gasteiger charge is 2.16. The number of nitrogens with zero attached hydrogens (tertiary/aromatic N) is 2. The zero-order chi connectivity index (χ0) is 9.30. The molecule has 5 nitrogen and oxygen atoms in total. The van der Waals surface area contributed by atoms with E-state index in [1.54, 1.807) is 14.0 Å². The summed E-state index contributed by atoms with van der Waals surface area (Å²) in [5.74, 6) is -1.03. The molecule has 0 amide bonds. The van der Waals surface area contributed by atoms with Gasteiger partial charge in [0.15, 0.2) is 5.69 Å². The molecule has 5 heteroatoms. The minimum absolute atomic E-state index is 0.0532. The molecule has 0 fully saturated rings. The summed E-state index contributed by atoms with van der Waals surface area (Å²) in [5.41, 5.74) is 6.84. The Morgan fingerprint density at radius 1 is 1.75 bits per heavy atom. The van der Waals surface area contributed by atoms with Crippen LogP contribution in [0.15, 0.2) is 0 Å². The van der Waals surface area contributed by atoms with Gasteiger partial charge >= 0.3 is 5.97 Å². The van der Waals surface area contributed by atoms with Crippen molar-refractivity contribution >= 4 is 5.97 Å². The van der Waals surface area contributed by atoms with E-state index in [2.05, 4.69) is 5.10 Å². The van der Waals surface area contributed by atoms with Crippen molar-refractivity contribution in [2.75, 3.05) is 0 Å². The minimum atomic E-state index is -1.03. The highest BCUT2D eigenvalue weighted by molar-refractivity contribution is 5.87. The molecule has 0 aliphatic rings. The van der Waals surface area contributed by atoms with Gasteiger partial charge in [-0.05, 0) is 6.92 Å².